The molecule has 0 spiro atoms. The molecule has 0 radical (unpaired) electrons. The van der Waals surface area contributed by atoms with Crippen LogP contribution in [0.5, 0.6) is 5.75 Å². The third kappa shape index (κ3) is 4.01. The van der Waals surface area contributed by atoms with Gasteiger partial charge in [-0.25, -0.2) is 0 Å². The van der Waals surface area contributed by atoms with Crippen molar-refractivity contribution in [1.29, 1.82) is 0 Å². The van der Waals surface area contributed by atoms with Gasteiger partial charge in [0.05, 0.1) is 0 Å². The molecule has 1 aliphatic carbocycles. The molecule has 0 N–H and O–H groups in total. The summed E-state index contributed by atoms with van der Waals surface area (Å²) in [6.07, 6.45) is 0. The van der Waals surface area contributed by atoms with Crippen molar-refractivity contribution in [3.05, 3.63) is 46.0 Å². The van der Waals surface area contributed by atoms with Gasteiger partial charge in [-0.3, -0.25) is 0 Å². The van der Waals surface area contributed by atoms with Crippen LogP contribution in [-0.2, 0) is 24.8 Å². The normalized spacial score (nSPS) is 18.0. The van der Waals surface area contributed by atoms with Crippen molar-refractivity contribution >= 4 is 42.0 Å². The third-order valence-corrected chi connectivity index (χ3v) is 5.33. The van der Waals surface area contributed by atoms with Crippen LogP contribution in [0.15, 0.2) is 40.4 Å². The zero-order valence-corrected chi connectivity index (χ0v) is 19.5. The summed E-state index contributed by atoms with van der Waals surface area (Å²) < 4.78 is 5.68. The van der Waals surface area contributed by atoms with Gasteiger partial charge in [0, 0.05) is 0 Å². The fourth-order valence-corrected chi connectivity index (χ4v) is 4.04. The van der Waals surface area contributed by atoms with Gasteiger partial charge in [-0.05, 0) is 0 Å². The molecular weight excluding hydrogens is 505 g/mol. The number of halogens is 3. The molecule has 0 heterocycles. The van der Waals surface area contributed by atoms with Crippen molar-refractivity contribution in [2.24, 2.45) is 11.3 Å². The molecule has 0 saturated carbocycles. The first-order chi connectivity index (χ1) is 9.29. The predicted octanol–water partition coefficient (Wildman–Crippen LogP) is 6.33. The summed E-state index contributed by atoms with van der Waals surface area (Å²) in [5.41, 5.74) is 5.11. The summed E-state index contributed by atoms with van der Waals surface area (Å²) in [6, 6.07) is 8.29. The molecule has 1 aromatic rings. The standard InChI is InChI=1S/C17H21ClO.2ClH.Hf/c1-10-14(12-8-6-7-9-13(12)19)15(17(3,4)5)11(2)16(10)18;;;/h6-9,15,19H,1-5H3;2*1H;/q;;;+1/p-1. The maximum absolute atomic E-state index is 6.54. The Balaban J connectivity index is 0.00000220. The van der Waals surface area contributed by atoms with Gasteiger partial charge in [-0.1, -0.05) is 0 Å². The van der Waals surface area contributed by atoms with E-state index in [0.717, 1.165) is 10.8 Å². The van der Waals surface area contributed by atoms with Gasteiger partial charge in [-0.2, -0.15) is 0 Å². The van der Waals surface area contributed by atoms with E-state index in [1.165, 1.54) is 22.3 Å². The first kappa shape index (κ1) is 22.2. The average molecular weight is 527 g/mol. The van der Waals surface area contributed by atoms with Crippen molar-refractivity contribution < 1.29 is 27.7 Å². The van der Waals surface area contributed by atoms with E-state index in [0.29, 0.717) is 30.7 Å². The smallest absolute Gasteiger partial charge is 0.147 e. The van der Waals surface area contributed by atoms with Gasteiger partial charge in [0.25, 0.3) is 0 Å². The van der Waals surface area contributed by atoms with Crippen LogP contribution < -0.4 is 2.85 Å². The molecule has 1 aliphatic rings. The summed E-state index contributed by atoms with van der Waals surface area (Å²) in [5.74, 6) is 1.31. The first-order valence-electron chi connectivity index (χ1n) is 6.79. The molecule has 5 heteroatoms. The van der Waals surface area contributed by atoms with E-state index in [1.54, 1.807) is 0 Å². The fourth-order valence-electron chi connectivity index (χ4n) is 3.19. The van der Waals surface area contributed by atoms with Crippen LogP contribution >= 0.6 is 36.4 Å². The van der Waals surface area contributed by atoms with Gasteiger partial charge in [-0.15, -0.1) is 24.8 Å². The Labute approximate surface area is 166 Å². The van der Waals surface area contributed by atoms with E-state index < -0.39 is 0 Å². The van der Waals surface area contributed by atoms with Crippen LogP contribution in [0.25, 0.3) is 5.57 Å². The Kier molecular flexibility index (Phi) is 8.46. The molecule has 0 saturated heterocycles. The second kappa shape index (κ2) is 8.37. The zero-order chi connectivity index (χ0) is 15.1. The SMILES string of the molecule is CC1=C(c2ccccc2[O][Hf])C(C(C)(C)C)C(C)=C1Cl.Cl.Cl. The second-order valence-electron chi connectivity index (χ2n) is 6.43. The number of hydrogen-bond acceptors (Lipinski definition) is 1. The van der Waals surface area contributed by atoms with E-state index in [4.69, 9.17) is 14.5 Å². The van der Waals surface area contributed by atoms with Crippen molar-refractivity contribution in [2.75, 3.05) is 0 Å². The van der Waals surface area contributed by atoms with E-state index >= 15 is 0 Å². The Bertz CT molecular complexity index is 600. The predicted molar refractivity (Wildman–Crippen MR) is 95.7 cm³/mol. The molecule has 121 valence electrons. The monoisotopic (exact) mass is 527 g/mol. The topological polar surface area (TPSA) is 9.23 Å². The number of rotatable bonds is 2. The molecule has 0 aromatic heterocycles. The molecule has 1 aromatic carbocycles. The Morgan fingerprint density at radius 1 is 1.09 bits per heavy atom. The first-order valence-corrected chi connectivity index (χ1v) is 8.64. The van der Waals surface area contributed by atoms with Gasteiger partial charge >= 0.3 is 143 Å². The minimum absolute atomic E-state index is 0. The van der Waals surface area contributed by atoms with Crippen molar-refractivity contribution in [1.82, 2.24) is 0 Å². The fraction of sp³-hybridized carbons (Fsp3) is 0.412. The Morgan fingerprint density at radius 3 is 2.14 bits per heavy atom. The molecule has 2 rings (SSSR count). The average Bonchev–Trinajstić information content (AvgIpc) is 2.62. The third-order valence-electron chi connectivity index (χ3n) is 3.95. The van der Waals surface area contributed by atoms with Crippen molar-refractivity contribution in [2.45, 2.75) is 34.6 Å². The molecule has 1 atom stereocenters. The summed E-state index contributed by atoms with van der Waals surface area (Å²) in [7, 11) is 0. The van der Waals surface area contributed by atoms with E-state index in [2.05, 4.69) is 46.8 Å². The van der Waals surface area contributed by atoms with Crippen LogP contribution in [0.1, 0.15) is 40.2 Å². The molecule has 1 nitrogen and oxygen atoms in total. The number of hydrogen-bond donors (Lipinski definition) is 0. The van der Waals surface area contributed by atoms with Crippen LogP contribution in [0, 0.1) is 11.3 Å². The van der Waals surface area contributed by atoms with Crippen LogP contribution in [0.2, 0.25) is 0 Å². The number of benzene rings is 1. The molecule has 22 heavy (non-hydrogen) atoms. The van der Waals surface area contributed by atoms with Gasteiger partial charge in [0.1, 0.15) is 0 Å². The van der Waals surface area contributed by atoms with Gasteiger partial charge in [0.2, 0.25) is 0 Å². The summed E-state index contributed by atoms with van der Waals surface area (Å²) in [6.45, 7) is 11.1. The Hall–Kier alpha value is 0.240. The minimum Gasteiger partial charge on any atom is -0.147 e. The number of para-hydroxylation sites is 1. The summed E-state index contributed by atoms with van der Waals surface area (Å²) in [5, 5.41) is 0.920. The number of allylic oxidation sites excluding steroid dienone is 4. The van der Waals surface area contributed by atoms with E-state index in [1.807, 2.05) is 12.1 Å². The molecule has 0 aliphatic heterocycles. The largest absolute Gasteiger partial charge is 0.147 e. The van der Waals surface area contributed by atoms with Crippen molar-refractivity contribution in [3.8, 4) is 5.75 Å². The maximum atomic E-state index is 6.54. The van der Waals surface area contributed by atoms with Crippen LogP contribution in [0.3, 0.4) is 0 Å². The van der Waals surface area contributed by atoms with E-state index in [9.17, 15) is 0 Å². The summed E-state index contributed by atoms with van der Waals surface area (Å²) >= 11 is 7.24. The van der Waals surface area contributed by atoms with Crippen molar-refractivity contribution in [3.63, 3.8) is 0 Å². The van der Waals surface area contributed by atoms with Gasteiger partial charge < -0.3 is 0 Å². The molecule has 1 unspecified atom stereocenters. The summed E-state index contributed by atoms with van der Waals surface area (Å²) in [4.78, 5) is 0. The quantitative estimate of drug-likeness (QED) is 0.409. The zero-order valence-electron chi connectivity index (χ0n) is 13.5. The second-order valence-corrected chi connectivity index (χ2v) is 7.54. The molecule has 0 fully saturated rings. The van der Waals surface area contributed by atoms with E-state index in [-0.39, 0.29) is 30.2 Å². The Morgan fingerprint density at radius 2 is 1.64 bits per heavy atom. The minimum atomic E-state index is 0. The van der Waals surface area contributed by atoms with Crippen LogP contribution in [-0.4, -0.2) is 0 Å². The molecular formula is C17H22Cl3HfO. The van der Waals surface area contributed by atoms with Gasteiger partial charge in [0.15, 0.2) is 0 Å². The van der Waals surface area contributed by atoms with Crippen LogP contribution in [0.4, 0.5) is 0 Å². The maximum Gasteiger partial charge on any atom is -0.147 e. The molecule has 0 bridgehead atoms. The molecule has 0 amide bonds.